The first-order valence-electron chi connectivity index (χ1n) is 5.99. The molecule has 0 bridgehead atoms. The van der Waals surface area contributed by atoms with Crippen LogP contribution in [0.3, 0.4) is 0 Å². The van der Waals surface area contributed by atoms with E-state index in [4.69, 9.17) is 17.3 Å². The molecule has 0 saturated heterocycles. The number of sulfonamides is 1. The van der Waals surface area contributed by atoms with Crippen molar-refractivity contribution in [2.75, 3.05) is 5.73 Å². The van der Waals surface area contributed by atoms with Gasteiger partial charge in [0.15, 0.2) is 0 Å². The highest BCUT2D eigenvalue weighted by Crippen LogP contribution is 2.24. The van der Waals surface area contributed by atoms with Crippen LogP contribution in [-0.4, -0.2) is 8.42 Å². The highest BCUT2D eigenvalue weighted by atomic mass is 35.5. The van der Waals surface area contributed by atoms with E-state index in [0.717, 1.165) is 11.1 Å². The number of anilines is 1. The highest BCUT2D eigenvalue weighted by Gasteiger charge is 2.18. The van der Waals surface area contributed by atoms with Gasteiger partial charge in [-0.3, -0.25) is 0 Å². The van der Waals surface area contributed by atoms with Crippen LogP contribution in [0.1, 0.15) is 11.1 Å². The Hall–Kier alpha value is -1.56. The van der Waals surface area contributed by atoms with Crippen LogP contribution < -0.4 is 10.5 Å². The number of aryl methyl sites for hydroxylation is 1. The SMILES string of the molecule is Cc1cccc(S(=O)(=O)NCc2cccc(N)c2)c1Cl. The molecule has 0 spiro atoms. The van der Waals surface area contributed by atoms with Gasteiger partial charge in [-0.05, 0) is 36.2 Å². The number of nitrogen functional groups attached to an aromatic ring is 1. The van der Waals surface area contributed by atoms with E-state index in [1.165, 1.54) is 6.07 Å². The molecule has 0 atom stereocenters. The Labute approximate surface area is 123 Å². The topological polar surface area (TPSA) is 72.2 Å². The van der Waals surface area contributed by atoms with E-state index in [1.807, 2.05) is 0 Å². The summed E-state index contributed by atoms with van der Waals surface area (Å²) in [6.45, 7) is 1.93. The van der Waals surface area contributed by atoms with Gasteiger partial charge in [0, 0.05) is 12.2 Å². The summed E-state index contributed by atoms with van der Waals surface area (Å²) in [6.07, 6.45) is 0. The number of rotatable bonds is 4. The van der Waals surface area contributed by atoms with Crippen LogP contribution in [0, 0.1) is 6.92 Å². The lowest BCUT2D eigenvalue weighted by Crippen LogP contribution is -2.23. The van der Waals surface area contributed by atoms with Gasteiger partial charge in [0.05, 0.1) is 5.02 Å². The molecule has 0 amide bonds. The summed E-state index contributed by atoms with van der Waals surface area (Å²) in [5, 5.41) is 0.243. The zero-order chi connectivity index (χ0) is 14.8. The third kappa shape index (κ3) is 3.30. The van der Waals surface area contributed by atoms with Crippen molar-refractivity contribution < 1.29 is 8.42 Å². The van der Waals surface area contributed by atoms with E-state index in [9.17, 15) is 8.42 Å². The number of nitrogens with two attached hydrogens (primary N) is 1. The summed E-state index contributed by atoms with van der Waals surface area (Å²) in [5.41, 5.74) is 7.76. The first kappa shape index (κ1) is 14.8. The van der Waals surface area contributed by atoms with E-state index in [1.54, 1.807) is 43.3 Å². The van der Waals surface area contributed by atoms with Crippen molar-refractivity contribution in [3.05, 3.63) is 58.6 Å². The fraction of sp³-hybridized carbons (Fsp3) is 0.143. The van der Waals surface area contributed by atoms with Crippen LogP contribution in [0.5, 0.6) is 0 Å². The van der Waals surface area contributed by atoms with Crippen molar-refractivity contribution in [3.63, 3.8) is 0 Å². The molecule has 0 aromatic heterocycles. The second kappa shape index (κ2) is 5.83. The molecule has 0 fully saturated rings. The Morgan fingerprint density at radius 3 is 2.60 bits per heavy atom. The molecule has 20 heavy (non-hydrogen) atoms. The van der Waals surface area contributed by atoms with Crippen LogP contribution in [0.4, 0.5) is 5.69 Å². The largest absolute Gasteiger partial charge is 0.399 e. The maximum absolute atomic E-state index is 12.2. The molecule has 106 valence electrons. The Balaban J connectivity index is 2.22. The summed E-state index contributed by atoms with van der Waals surface area (Å²) in [4.78, 5) is 0.0862. The number of nitrogens with one attached hydrogen (secondary N) is 1. The summed E-state index contributed by atoms with van der Waals surface area (Å²) >= 11 is 6.05. The standard InChI is InChI=1S/C14H15ClN2O2S/c1-10-4-2-7-13(14(10)15)20(18,19)17-9-11-5-3-6-12(16)8-11/h2-8,17H,9,16H2,1H3. The van der Waals surface area contributed by atoms with Gasteiger partial charge in [0.1, 0.15) is 4.90 Å². The molecule has 2 rings (SSSR count). The smallest absolute Gasteiger partial charge is 0.242 e. The van der Waals surface area contributed by atoms with Crippen LogP contribution in [-0.2, 0) is 16.6 Å². The lowest BCUT2D eigenvalue weighted by atomic mass is 10.2. The predicted molar refractivity (Wildman–Crippen MR) is 81.1 cm³/mol. The van der Waals surface area contributed by atoms with Crippen molar-refractivity contribution >= 4 is 27.3 Å². The minimum atomic E-state index is -3.65. The molecular formula is C14H15ClN2O2S. The molecule has 3 N–H and O–H groups in total. The van der Waals surface area contributed by atoms with Crippen molar-refractivity contribution in [2.45, 2.75) is 18.4 Å². The van der Waals surface area contributed by atoms with Crippen LogP contribution >= 0.6 is 11.6 Å². The van der Waals surface area contributed by atoms with Gasteiger partial charge in [0.2, 0.25) is 10.0 Å². The maximum Gasteiger partial charge on any atom is 0.242 e. The number of benzene rings is 2. The fourth-order valence-corrected chi connectivity index (χ4v) is 3.38. The molecule has 2 aromatic carbocycles. The van der Waals surface area contributed by atoms with Crippen LogP contribution in [0.15, 0.2) is 47.4 Å². The third-order valence-electron chi connectivity index (χ3n) is 2.86. The van der Waals surface area contributed by atoms with E-state index >= 15 is 0 Å². The summed E-state index contributed by atoms with van der Waals surface area (Å²) < 4.78 is 27.0. The number of hydrogen-bond acceptors (Lipinski definition) is 3. The molecule has 0 unspecified atom stereocenters. The molecular weight excluding hydrogens is 296 g/mol. The first-order valence-corrected chi connectivity index (χ1v) is 7.85. The number of halogens is 1. The molecule has 0 radical (unpaired) electrons. The van der Waals surface area contributed by atoms with E-state index in [2.05, 4.69) is 4.72 Å². The monoisotopic (exact) mass is 310 g/mol. The molecule has 4 nitrogen and oxygen atoms in total. The van der Waals surface area contributed by atoms with E-state index in [0.29, 0.717) is 5.69 Å². The van der Waals surface area contributed by atoms with E-state index < -0.39 is 10.0 Å². The van der Waals surface area contributed by atoms with Crippen molar-refractivity contribution in [2.24, 2.45) is 0 Å². The summed E-state index contributed by atoms with van der Waals surface area (Å²) in [7, 11) is -3.65. The Bertz CT molecular complexity index is 730. The van der Waals surface area contributed by atoms with E-state index in [-0.39, 0.29) is 16.5 Å². The minimum absolute atomic E-state index is 0.0862. The normalized spacial score (nSPS) is 11.5. The average molecular weight is 311 g/mol. The van der Waals surface area contributed by atoms with Crippen molar-refractivity contribution in [3.8, 4) is 0 Å². The Morgan fingerprint density at radius 1 is 1.20 bits per heavy atom. The molecule has 0 aliphatic rings. The lowest BCUT2D eigenvalue weighted by Gasteiger charge is -2.10. The number of hydrogen-bond donors (Lipinski definition) is 2. The van der Waals surface area contributed by atoms with Gasteiger partial charge in [0.25, 0.3) is 0 Å². The summed E-state index contributed by atoms with van der Waals surface area (Å²) in [6, 6.07) is 12.0. The third-order valence-corrected chi connectivity index (χ3v) is 4.92. The van der Waals surface area contributed by atoms with Crippen molar-refractivity contribution in [1.29, 1.82) is 0 Å². The fourth-order valence-electron chi connectivity index (χ4n) is 1.79. The predicted octanol–water partition coefficient (Wildman–Crippen LogP) is 2.71. The highest BCUT2D eigenvalue weighted by molar-refractivity contribution is 7.89. The lowest BCUT2D eigenvalue weighted by molar-refractivity contribution is 0.581. The zero-order valence-electron chi connectivity index (χ0n) is 10.9. The second-order valence-electron chi connectivity index (χ2n) is 4.46. The quantitative estimate of drug-likeness (QED) is 0.853. The van der Waals surface area contributed by atoms with Gasteiger partial charge >= 0.3 is 0 Å². The second-order valence-corrected chi connectivity index (χ2v) is 6.57. The average Bonchev–Trinajstić information content (AvgIpc) is 2.40. The van der Waals surface area contributed by atoms with Gasteiger partial charge in [-0.1, -0.05) is 35.9 Å². The zero-order valence-corrected chi connectivity index (χ0v) is 12.5. The molecule has 0 aliphatic heterocycles. The van der Waals surface area contributed by atoms with Crippen molar-refractivity contribution in [1.82, 2.24) is 4.72 Å². The minimum Gasteiger partial charge on any atom is -0.399 e. The van der Waals surface area contributed by atoms with Gasteiger partial charge in [-0.15, -0.1) is 0 Å². The molecule has 6 heteroatoms. The molecule has 0 saturated carbocycles. The summed E-state index contributed by atoms with van der Waals surface area (Å²) in [5.74, 6) is 0. The molecule has 2 aromatic rings. The van der Waals surface area contributed by atoms with Gasteiger partial charge in [-0.25, -0.2) is 13.1 Å². The van der Waals surface area contributed by atoms with Gasteiger partial charge in [-0.2, -0.15) is 0 Å². The Kier molecular flexibility index (Phi) is 4.32. The Morgan fingerprint density at radius 2 is 1.90 bits per heavy atom. The van der Waals surface area contributed by atoms with Crippen LogP contribution in [0.25, 0.3) is 0 Å². The molecule has 0 aliphatic carbocycles. The molecule has 0 heterocycles. The van der Waals surface area contributed by atoms with Gasteiger partial charge < -0.3 is 5.73 Å². The van der Waals surface area contributed by atoms with Crippen LogP contribution in [0.2, 0.25) is 5.02 Å². The first-order chi connectivity index (χ1) is 9.40. The maximum atomic E-state index is 12.2.